The normalized spacial score (nSPS) is 28.9. The van der Waals surface area contributed by atoms with Crippen LogP contribution in [0.2, 0.25) is 0 Å². The molecule has 1 atom stereocenters. The van der Waals surface area contributed by atoms with Crippen molar-refractivity contribution in [1.82, 2.24) is 5.32 Å². The second-order valence-corrected chi connectivity index (χ2v) is 2.69. The van der Waals surface area contributed by atoms with Crippen molar-refractivity contribution in [3.05, 3.63) is 0 Å². The highest BCUT2D eigenvalue weighted by molar-refractivity contribution is 9.09. The molecule has 2 nitrogen and oxygen atoms in total. The molecular formula is C5H10BrNO. The molecule has 0 aromatic heterocycles. The molecule has 1 unspecified atom stereocenters. The number of rotatable bonds is 2. The molecule has 0 aliphatic carbocycles. The van der Waals surface area contributed by atoms with Gasteiger partial charge in [-0.3, -0.25) is 5.32 Å². The zero-order valence-electron chi connectivity index (χ0n) is 4.69. The zero-order valence-corrected chi connectivity index (χ0v) is 6.28. The summed E-state index contributed by atoms with van der Waals surface area (Å²) in [6.07, 6.45) is 1.17. The lowest BCUT2D eigenvalue weighted by molar-refractivity contribution is 0.189. The Kier molecular flexibility index (Phi) is 2.80. The minimum Gasteiger partial charge on any atom is -0.365 e. The molecule has 0 aromatic rings. The Hall–Kier alpha value is 0.400. The standard InChI is InChI=1S/C5H10BrNO/c6-2-1-5-3-8-4-7-5/h5,7H,1-4H2. The molecule has 1 fully saturated rings. The van der Waals surface area contributed by atoms with Gasteiger partial charge >= 0.3 is 0 Å². The Morgan fingerprint density at radius 2 is 2.62 bits per heavy atom. The van der Waals surface area contributed by atoms with Gasteiger partial charge in [0.15, 0.2) is 0 Å². The van der Waals surface area contributed by atoms with E-state index >= 15 is 0 Å². The summed E-state index contributed by atoms with van der Waals surface area (Å²) < 4.78 is 5.08. The number of alkyl halides is 1. The first-order valence-corrected chi connectivity index (χ1v) is 3.92. The SMILES string of the molecule is BrCCC1COCN1. The van der Waals surface area contributed by atoms with Crippen LogP contribution in [0.3, 0.4) is 0 Å². The van der Waals surface area contributed by atoms with Crippen LogP contribution in [0, 0.1) is 0 Å². The van der Waals surface area contributed by atoms with Crippen molar-refractivity contribution < 1.29 is 4.74 Å². The molecule has 0 bridgehead atoms. The fraction of sp³-hybridized carbons (Fsp3) is 1.00. The average molecular weight is 180 g/mol. The predicted octanol–water partition coefficient (Wildman–Crippen LogP) is 0.717. The van der Waals surface area contributed by atoms with E-state index in [-0.39, 0.29) is 0 Å². The number of ether oxygens (including phenoxy) is 1. The summed E-state index contributed by atoms with van der Waals surface area (Å²) in [5.41, 5.74) is 0. The van der Waals surface area contributed by atoms with E-state index in [2.05, 4.69) is 21.2 Å². The van der Waals surface area contributed by atoms with Crippen molar-refractivity contribution in [1.29, 1.82) is 0 Å². The maximum absolute atomic E-state index is 5.08. The van der Waals surface area contributed by atoms with Crippen LogP contribution < -0.4 is 5.32 Å². The van der Waals surface area contributed by atoms with Gasteiger partial charge in [0, 0.05) is 11.4 Å². The summed E-state index contributed by atoms with van der Waals surface area (Å²) in [6.45, 7) is 1.61. The lowest BCUT2D eigenvalue weighted by atomic mass is 10.3. The Bertz CT molecular complexity index is 63.4. The van der Waals surface area contributed by atoms with E-state index in [0.29, 0.717) is 6.04 Å². The van der Waals surface area contributed by atoms with E-state index in [1.807, 2.05) is 0 Å². The van der Waals surface area contributed by atoms with Crippen molar-refractivity contribution in [2.45, 2.75) is 12.5 Å². The Labute approximate surface area is 57.7 Å². The molecule has 0 amide bonds. The van der Waals surface area contributed by atoms with Crippen LogP contribution in [-0.2, 0) is 4.74 Å². The Morgan fingerprint density at radius 1 is 1.75 bits per heavy atom. The summed E-state index contributed by atoms with van der Waals surface area (Å²) in [7, 11) is 0. The minimum atomic E-state index is 0.592. The molecule has 8 heavy (non-hydrogen) atoms. The van der Waals surface area contributed by atoms with E-state index in [0.717, 1.165) is 18.7 Å². The lowest BCUT2D eigenvalue weighted by Crippen LogP contribution is -2.23. The second kappa shape index (κ2) is 3.43. The molecule has 0 aromatic carbocycles. The number of nitrogens with one attached hydrogen (secondary N) is 1. The minimum absolute atomic E-state index is 0.592. The molecule has 0 radical (unpaired) electrons. The van der Waals surface area contributed by atoms with Gasteiger partial charge in [-0.05, 0) is 6.42 Å². The predicted molar refractivity (Wildman–Crippen MR) is 36.2 cm³/mol. The molecule has 1 aliphatic rings. The molecule has 3 heteroatoms. The summed E-state index contributed by atoms with van der Waals surface area (Å²) in [4.78, 5) is 0. The van der Waals surface area contributed by atoms with E-state index < -0.39 is 0 Å². The largest absolute Gasteiger partial charge is 0.365 e. The summed E-state index contributed by atoms with van der Waals surface area (Å²) in [5, 5.41) is 4.27. The molecule has 1 rings (SSSR count). The highest BCUT2D eigenvalue weighted by Gasteiger charge is 2.12. The maximum Gasteiger partial charge on any atom is 0.0968 e. The topological polar surface area (TPSA) is 21.3 Å². The van der Waals surface area contributed by atoms with E-state index in [9.17, 15) is 0 Å². The van der Waals surface area contributed by atoms with Gasteiger partial charge in [0.1, 0.15) is 0 Å². The van der Waals surface area contributed by atoms with Crippen LogP contribution in [-0.4, -0.2) is 24.7 Å². The fourth-order valence-corrected chi connectivity index (χ4v) is 1.31. The first kappa shape index (κ1) is 6.52. The fourth-order valence-electron chi connectivity index (χ4n) is 0.754. The van der Waals surface area contributed by atoms with Gasteiger partial charge in [0.25, 0.3) is 0 Å². The van der Waals surface area contributed by atoms with Crippen LogP contribution in [0.15, 0.2) is 0 Å². The van der Waals surface area contributed by atoms with Gasteiger partial charge in [0.2, 0.25) is 0 Å². The quantitative estimate of drug-likeness (QED) is 0.632. The molecule has 1 N–H and O–H groups in total. The first-order chi connectivity index (χ1) is 3.93. The Balaban J connectivity index is 2.06. The Morgan fingerprint density at radius 3 is 3.12 bits per heavy atom. The third-order valence-electron chi connectivity index (χ3n) is 1.25. The van der Waals surface area contributed by atoms with Gasteiger partial charge in [-0.2, -0.15) is 0 Å². The molecule has 1 saturated heterocycles. The number of halogens is 1. The van der Waals surface area contributed by atoms with Crippen LogP contribution in [0.25, 0.3) is 0 Å². The van der Waals surface area contributed by atoms with Crippen molar-refractivity contribution in [3.8, 4) is 0 Å². The highest BCUT2D eigenvalue weighted by Crippen LogP contribution is 2.00. The van der Waals surface area contributed by atoms with Crippen LogP contribution in [0.1, 0.15) is 6.42 Å². The highest BCUT2D eigenvalue weighted by atomic mass is 79.9. The molecule has 0 saturated carbocycles. The molecule has 1 aliphatic heterocycles. The van der Waals surface area contributed by atoms with Crippen molar-refractivity contribution in [2.75, 3.05) is 18.7 Å². The number of hydrogen-bond donors (Lipinski definition) is 1. The third-order valence-corrected chi connectivity index (χ3v) is 1.71. The van der Waals surface area contributed by atoms with Gasteiger partial charge in [-0.25, -0.2) is 0 Å². The van der Waals surface area contributed by atoms with E-state index in [1.54, 1.807) is 0 Å². The van der Waals surface area contributed by atoms with Crippen LogP contribution >= 0.6 is 15.9 Å². The van der Waals surface area contributed by atoms with Crippen LogP contribution in [0.5, 0.6) is 0 Å². The molecule has 0 spiro atoms. The van der Waals surface area contributed by atoms with E-state index in [4.69, 9.17) is 4.74 Å². The summed E-state index contributed by atoms with van der Waals surface area (Å²) in [6, 6.07) is 0.592. The van der Waals surface area contributed by atoms with Crippen molar-refractivity contribution in [2.24, 2.45) is 0 Å². The molecule has 1 heterocycles. The van der Waals surface area contributed by atoms with Gasteiger partial charge in [-0.1, -0.05) is 15.9 Å². The smallest absolute Gasteiger partial charge is 0.0968 e. The summed E-state index contributed by atoms with van der Waals surface area (Å²) in [5.74, 6) is 0. The van der Waals surface area contributed by atoms with Crippen LogP contribution in [0.4, 0.5) is 0 Å². The van der Waals surface area contributed by atoms with Gasteiger partial charge < -0.3 is 4.74 Å². The third kappa shape index (κ3) is 1.73. The molecular weight excluding hydrogens is 170 g/mol. The monoisotopic (exact) mass is 179 g/mol. The second-order valence-electron chi connectivity index (χ2n) is 1.89. The maximum atomic E-state index is 5.08. The van der Waals surface area contributed by atoms with Gasteiger partial charge in [0.05, 0.1) is 13.3 Å². The lowest BCUT2D eigenvalue weighted by Gasteiger charge is -2.02. The van der Waals surface area contributed by atoms with Crippen molar-refractivity contribution in [3.63, 3.8) is 0 Å². The molecule has 48 valence electrons. The van der Waals surface area contributed by atoms with Gasteiger partial charge in [-0.15, -0.1) is 0 Å². The average Bonchev–Trinajstić information content (AvgIpc) is 2.19. The summed E-state index contributed by atoms with van der Waals surface area (Å²) >= 11 is 3.36. The zero-order chi connectivity index (χ0) is 5.82. The van der Waals surface area contributed by atoms with Crippen molar-refractivity contribution >= 4 is 15.9 Å². The number of hydrogen-bond acceptors (Lipinski definition) is 2. The van der Waals surface area contributed by atoms with E-state index in [1.165, 1.54) is 6.42 Å². The first-order valence-electron chi connectivity index (χ1n) is 2.80.